The molecular weight excluding hydrogens is 272 g/mol. The molecule has 2 rings (SSSR count). The third kappa shape index (κ3) is 3.81. The Morgan fingerprint density at radius 1 is 1.14 bits per heavy atom. The maximum atomic E-state index is 11.9. The van der Waals surface area contributed by atoms with Crippen molar-refractivity contribution in [3.05, 3.63) is 24.3 Å². The van der Waals surface area contributed by atoms with Crippen molar-refractivity contribution in [2.24, 2.45) is 17.8 Å². The second-order valence-corrected chi connectivity index (χ2v) is 5.50. The zero-order valence-corrected chi connectivity index (χ0v) is 11.9. The Bertz CT molecular complexity index is 583. The van der Waals surface area contributed by atoms with Crippen LogP contribution in [-0.2, 0) is 14.4 Å². The Morgan fingerprint density at radius 2 is 1.76 bits per heavy atom. The first kappa shape index (κ1) is 15.0. The Kier molecular flexibility index (Phi) is 4.26. The number of aliphatic carboxylic acids is 1. The fraction of sp³-hybridized carbons (Fsp3) is 0.400. The molecule has 112 valence electrons. The van der Waals surface area contributed by atoms with E-state index in [0.717, 1.165) is 0 Å². The molecule has 1 aliphatic rings. The highest BCUT2D eigenvalue weighted by Crippen LogP contribution is 2.39. The highest BCUT2D eigenvalue weighted by molar-refractivity contribution is 5.99. The van der Waals surface area contributed by atoms with Crippen molar-refractivity contribution in [1.82, 2.24) is 0 Å². The summed E-state index contributed by atoms with van der Waals surface area (Å²) in [5.74, 6) is -2.51. The Labute approximate surface area is 122 Å². The molecule has 0 heterocycles. The van der Waals surface area contributed by atoms with Crippen molar-refractivity contribution >= 4 is 29.2 Å². The average Bonchev–Trinajstić information content (AvgIpc) is 3.19. The van der Waals surface area contributed by atoms with Crippen molar-refractivity contribution in [3.63, 3.8) is 0 Å². The summed E-state index contributed by atoms with van der Waals surface area (Å²) in [7, 11) is 0. The van der Waals surface area contributed by atoms with Crippen molar-refractivity contribution < 1.29 is 19.5 Å². The Hall–Kier alpha value is -2.37. The van der Waals surface area contributed by atoms with Gasteiger partial charge in [-0.3, -0.25) is 14.4 Å². The Morgan fingerprint density at radius 3 is 2.29 bits per heavy atom. The van der Waals surface area contributed by atoms with Gasteiger partial charge in [0.2, 0.25) is 11.8 Å². The fourth-order valence-corrected chi connectivity index (χ4v) is 1.95. The summed E-state index contributed by atoms with van der Waals surface area (Å²) in [4.78, 5) is 34.2. The smallest absolute Gasteiger partial charge is 0.307 e. The van der Waals surface area contributed by atoms with Crippen LogP contribution < -0.4 is 10.6 Å². The topological polar surface area (TPSA) is 95.5 Å². The van der Waals surface area contributed by atoms with Crippen LogP contribution in [0.5, 0.6) is 0 Å². The van der Waals surface area contributed by atoms with Crippen molar-refractivity contribution in [2.45, 2.75) is 20.3 Å². The molecule has 0 saturated heterocycles. The van der Waals surface area contributed by atoms with E-state index in [4.69, 9.17) is 5.11 Å². The van der Waals surface area contributed by atoms with Gasteiger partial charge < -0.3 is 15.7 Å². The SMILES string of the molecule is CC(C)C(=O)Nc1cccc(NC(=O)[C@@H]2C[C@@H]2C(=O)O)c1. The number of carboxylic acids is 1. The quantitative estimate of drug-likeness (QED) is 0.772. The third-order valence-corrected chi connectivity index (χ3v) is 3.37. The molecule has 0 spiro atoms. The summed E-state index contributed by atoms with van der Waals surface area (Å²) >= 11 is 0. The van der Waals surface area contributed by atoms with E-state index < -0.39 is 17.8 Å². The van der Waals surface area contributed by atoms with Gasteiger partial charge in [0.05, 0.1) is 11.8 Å². The lowest BCUT2D eigenvalue weighted by Gasteiger charge is -2.10. The first-order valence-corrected chi connectivity index (χ1v) is 6.83. The minimum atomic E-state index is -0.937. The largest absolute Gasteiger partial charge is 0.481 e. The number of hydrogen-bond acceptors (Lipinski definition) is 3. The summed E-state index contributed by atoms with van der Waals surface area (Å²) in [6.07, 6.45) is 0.380. The molecule has 1 aliphatic carbocycles. The predicted octanol–water partition coefficient (Wildman–Crippen LogP) is 1.94. The number of rotatable bonds is 5. The van der Waals surface area contributed by atoms with Gasteiger partial charge in [-0.2, -0.15) is 0 Å². The van der Waals surface area contributed by atoms with E-state index in [2.05, 4.69) is 10.6 Å². The molecule has 2 atom stereocenters. The van der Waals surface area contributed by atoms with E-state index in [9.17, 15) is 14.4 Å². The minimum Gasteiger partial charge on any atom is -0.481 e. The van der Waals surface area contributed by atoms with E-state index in [1.54, 1.807) is 38.1 Å². The number of amides is 2. The van der Waals surface area contributed by atoms with E-state index in [1.165, 1.54) is 0 Å². The van der Waals surface area contributed by atoms with Crippen molar-refractivity contribution in [3.8, 4) is 0 Å². The first-order chi connectivity index (χ1) is 9.88. The molecule has 0 aromatic heterocycles. The predicted molar refractivity (Wildman–Crippen MR) is 77.8 cm³/mol. The van der Waals surface area contributed by atoms with Gasteiger partial charge >= 0.3 is 5.97 Å². The molecule has 0 aliphatic heterocycles. The van der Waals surface area contributed by atoms with Crippen LogP contribution in [0.15, 0.2) is 24.3 Å². The normalized spacial score (nSPS) is 20.0. The van der Waals surface area contributed by atoms with Gasteiger partial charge in [0.1, 0.15) is 0 Å². The Balaban J connectivity index is 1.97. The van der Waals surface area contributed by atoms with Crippen LogP contribution in [0, 0.1) is 17.8 Å². The van der Waals surface area contributed by atoms with E-state index in [-0.39, 0.29) is 17.7 Å². The van der Waals surface area contributed by atoms with E-state index in [0.29, 0.717) is 17.8 Å². The van der Waals surface area contributed by atoms with Gasteiger partial charge in [-0.15, -0.1) is 0 Å². The molecule has 1 fully saturated rings. The monoisotopic (exact) mass is 290 g/mol. The van der Waals surface area contributed by atoms with Crippen LogP contribution in [0.4, 0.5) is 11.4 Å². The zero-order chi connectivity index (χ0) is 15.6. The van der Waals surface area contributed by atoms with Crippen molar-refractivity contribution in [1.29, 1.82) is 0 Å². The number of carboxylic acid groups (broad SMARTS) is 1. The third-order valence-electron chi connectivity index (χ3n) is 3.37. The number of anilines is 2. The first-order valence-electron chi connectivity index (χ1n) is 6.83. The molecule has 1 saturated carbocycles. The lowest BCUT2D eigenvalue weighted by Crippen LogP contribution is -2.19. The average molecular weight is 290 g/mol. The molecule has 1 aromatic carbocycles. The lowest BCUT2D eigenvalue weighted by atomic mass is 10.2. The highest BCUT2D eigenvalue weighted by Gasteiger charge is 2.48. The minimum absolute atomic E-state index is 0.105. The number of carbonyl (C=O) groups is 3. The van der Waals surface area contributed by atoms with Crippen LogP contribution >= 0.6 is 0 Å². The molecule has 2 amide bonds. The molecule has 1 aromatic rings. The maximum absolute atomic E-state index is 11.9. The highest BCUT2D eigenvalue weighted by atomic mass is 16.4. The number of nitrogens with one attached hydrogen (secondary N) is 2. The molecule has 6 nitrogen and oxygen atoms in total. The molecular formula is C15H18N2O4. The maximum Gasteiger partial charge on any atom is 0.307 e. The van der Waals surface area contributed by atoms with Crippen LogP contribution in [-0.4, -0.2) is 22.9 Å². The molecule has 6 heteroatoms. The van der Waals surface area contributed by atoms with Crippen LogP contribution in [0.25, 0.3) is 0 Å². The molecule has 0 unspecified atom stereocenters. The zero-order valence-electron chi connectivity index (χ0n) is 11.9. The molecule has 21 heavy (non-hydrogen) atoms. The summed E-state index contributed by atoms with van der Waals surface area (Å²) in [5.41, 5.74) is 1.13. The van der Waals surface area contributed by atoms with Crippen LogP contribution in [0.3, 0.4) is 0 Å². The molecule has 0 bridgehead atoms. The second-order valence-electron chi connectivity index (χ2n) is 5.50. The summed E-state index contributed by atoms with van der Waals surface area (Å²) in [6, 6.07) is 6.79. The van der Waals surface area contributed by atoms with Gasteiger partial charge in [0, 0.05) is 17.3 Å². The van der Waals surface area contributed by atoms with Crippen molar-refractivity contribution in [2.75, 3.05) is 10.6 Å². The molecule has 0 radical (unpaired) electrons. The van der Waals surface area contributed by atoms with Gasteiger partial charge in [0.15, 0.2) is 0 Å². The van der Waals surface area contributed by atoms with Gasteiger partial charge in [-0.05, 0) is 24.6 Å². The number of carbonyl (C=O) groups excluding carboxylic acids is 2. The summed E-state index contributed by atoms with van der Waals surface area (Å²) < 4.78 is 0. The summed E-state index contributed by atoms with van der Waals surface area (Å²) in [5, 5.41) is 14.2. The van der Waals surface area contributed by atoms with E-state index >= 15 is 0 Å². The van der Waals surface area contributed by atoms with Crippen LogP contribution in [0.2, 0.25) is 0 Å². The van der Waals surface area contributed by atoms with E-state index in [1.807, 2.05) is 0 Å². The number of hydrogen-bond donors (Lipinski definition) is 3. The second kappa shape index (κ2) is 5.95. The standard InChI is InChI=1S/C15H18N2O4/c1-8(2)13(18)16-9-4-3-5-10(6-9)17-14(19)11-7-12(11)15(20)21/h3-6,8,11-12H,7H2,1-2H3,(H,16,18)(H,17,19)(H,20,21)/t11-,12+/m1/s1. The fourth-order valence-electron chi connectivity index (χ4n) is 1.95. The lowest BCUT2D eigenvalue weighted by molar-refractivity contribution is -0.139. The van der Waals surface area contributed by atoms with Gasteiger partial charge in [-0.25, -0.2) is 0 Å². The van der Waals surface area contributed by atoms with Gasteiger partial charge in [-0.1, -0.05) is 19.9 Å². The summed E-state index contributed by atoms with van der Waals surface area (Å²) in [6.45, 7) is 3.58. The molecule has 3 N–H and O–H groups in total. The van der Waals surface area contributed by atoms with Gasteiger partial charge in [0.25, 0.3) is 0 Å². The van der Waals surface area contributed by atoms with Crippen LogP contribution in [0.1, 0.15) is 20.3 Å². The number of benzene rings is 1.